The molecule has 0 unspecified atom stereocenters. The van der Waals surface area contributed by atoms with Crippen LogP contribution in [0.15, 0.2) is 0 Å². The predicted octanol–water partition coefficient (Wildman–Crippen LogP) is 5.63. The van der Waals surface area contributed by atoms with Crippen molar-refractivity contribution < 1.29 is 0 Å². The van der Waals surface area contributed by atoms with Crippen LogP contribution in [0.4, 0.5) is 0 Å². The van der Waals surface area contributed by atoms with E-state index in [0.29, 0.717) is 0 Å². The summed E-state index contributed by atoms with van der Waals surface area (Å²) < 4.78 is 0. The Morgan fingerprint density at radius 3 is 1.21 bits per heavy atom. The van der Waals surface area contributed by atoms with Crippen molar-refractivity contribution in [3.05, 3.63) is 0 Å². The van der Waals surface area contributed by atoms with Gasteiger partial charge in [-0.2, -0.15) is 0 Å². The molecule has 2 aliphatic carbocycles. The van der Waals surface area contributed by atoms with E-state index in [4.69, 9.17) is 0 Å². The Kier molecular flexibility index (Phi) is 5.77. The first-order chi connectivity index (χ1) is 8.92. The number of rotatable bonds is 4. The summed E-state index contributed by atoms with van der Waals surface area (Å²) in [5.74, 6) is 1.72. The third kappa shape index (κ3) is 4.41. The van der Waals surface area contributed by atoms with E-state index in [9.17, 15) is 0 Å². The molecular formula is C17H38P2. The van der Waals surface area contributed by atoms with Crippen LogP contribution >= 0.6 is 14.5 Å². The molecule has 0 aliphatic heterocycles. The summed E-state index contributed by atoms with van der Waals surface area (Å²) in [7, 11) is -1.92. The fourth-order valence-corrected chi connectivity index (χ4v) is 20.9. The van der Waals surface area contributed by atoms with Gasteiger partial charge in [0.25, 0.3) is 0 Å². The minimum absolute atomic E-state index is 0.960. The van der Waals surface area contributed by atoms with Gasteiger partial charge >= 0.3 is 123 Å². The summed E-state index contributed by atoms with van der Waals surface area (Å²) in [4.78, 5) is 0. The molecule has 0 aromatic rings. The number of hydrogen-bond donors (Lipinski definition) is 0. The molecule has 2 heteroatoms. The number of hydrogen-bond acceptors (Lipinski definition) is 0. The van der Waals surface area contributed by atoms with Crippen LogP contribution in [0.1, 0.15) is 64.2 Å². The normalized spacial score (nSPS) is 26.3. The molecule has 0 amide bonds. The van der Waals surface area contributed by atoms with Crippen LogP contribution < -0.4 is 0 Å². The molecule has 2 saturated carbocycles. The van der Waals surface area contributed by atoms with E-state index in [2.05, 4.69) is 26.7 Å². The van der Waals surface area contributed by atoms with Crippen LogP contribution in [0.2, 0.25) is 0 Å². The van der Waals surface area contributed by atoms with Crippen LogP contribution in [-0.2, 0) is 0 Å². The van der Waals surface area contributed by atoms with Gasteiger partial charge in [0.2, 0.25) is 0 Å². The van der Waals surface area contributed by atoms with Crippen LogP contribution in [0.25, 0.3) is 0 Å². The Hall–Kier alpha value is 0.860. The summed E-state index contributed by atoms with van der Waals surface area (Å²) in [6.45, 7) is 10.9. The molecule has 0 atom stereocenters. The Bertz CT molecular complexity index is 243. The third-order valence-electron chi connectivity index (χ3n) is 6.33. The van der Waals surface area contributed by atoms with Crippen molar-refractivity contribution in [3.63, 3.8) is 0 Å². The molecule has 2 rings (SSSR count). The Morgan fingerprint density at radius 2 is 0.895 bits per heavy atom. The zero-order valence-corrected chi connectivity index (χ0v) is 15.9. The molecule has 19 heavy (non-hydrogen) atoms. The summed E-state index contributed by atoms with van der Waals surface area (Å²) in [6.07, 6.45) is 15.5. The van der Waals surface area contributed by atoms with E-state index in [1.165, 1.54) is 38.5 Å². The third-order valence-corrected chi connectivity index (χ3v) is 19.2. The van der Waals surface area contributed by atoms with Crippen molar-refractivity contribution >= 4 is 14.5 Å². The molecule has 0 radical (unpaired) electrons. The average Bonchev–Trinajstić information content (AvgIpc) is 2.40. The van der Waals surface area contributed by atoms with E-state index in [-0.39, 0.29) is 0 Å². The van der Waals surface area contributed by atoms with Crippen molar-refractivity contribution in [2.45, 2.75) is 75.5 Å². The zero-order valence-electron chi connectivity index (χ0n) is 13.9. The standard InChI is InChI=1S/C17H38P2/c1-18(2,16-11-7-5-8-12-16)15-19(3,4)17-13-9-6-10-14-17/h16-19H,5-15H2,1-4H3. The molecule has 0 bridgehead atoms. The van der Waals surface area contributed by atoms with Gasteiger partial charge in [-0.3, -0.25) is 0 Å². The second kappa shape index (κ2) is 6.75. The van der Waals surface area contributed by atoms with Crippen molar-refractivity contribution in [1.82, 2.24) is 0 Å². The van der Waals surface area contributed by atoms with Crippen LogP contribution in [0.5, 0.6) is 0 Å². The first kappa shape index (κ1) is 16.2. The average molecular weight is 304 g/mol. The van der Waals surface area contributed by atoms with Crippen LogP contribution in [0, 0.1) is 0 Å². The molecule has 116 valence electrons. The van der Waals surface area contributed by atoms with Gasteiger partial charge in [-0.25, -0.2) is 0 Å². The topological polar surface area (TPSA) is 0 Å². The van der Waals surface area contributed by atoms with E-state index in [0.717, 1.165) is 11.3 Å². The van der Waals surface area contributed by atoms with Crippen LogP contribution in [-0.4, -0.2) is 43.9 Å². The quantitative estimate of drug-likeness (QED) is 0.591. The van der Waals surface area contributed by atoms with Crippen molar-refractivity contribution in [3.8, 4) is 0 Å². The molecule has 2 fully saturated rings. The van der Waals surface area contributed by atoms with E-state index in [1.54, 1.807) is 31.6 Å². The predicted molar refractivity (Wildman–Crippen MR) is 98.9 cm³/mol. The van der Waals surface area contributed by atoms with Gasteiger partial charge in [0.1, 0.15) is 0 Å². The molecule has 0 aromatic carbocycles. The van der Waals surface area contributed by atoms with Crippen molar-refractivity contribution in [2.75, 3.05) is 32.6 Å². The Balaban J connectivity index is 1.96. The fraction of sp³-hybridized carbons (Fsp3) is 1.00. The summed E-state index contributed by atoms with van der Waals surface area (Å²) in [5, 5.41) is 0. The van der Waals surface area contributed by atoms with Crippen molar-refractivity contribution in [2.24, 2.45) is 0 Å². The molecule has 0 spiro atoms. The van der Waals surface area contributed by atoms with Gasteiger partial charge in [-0.15, -0.1) is 0 Å². The van der Waals surface area contributed by atoms with E-state index >= 15 is 0 Å². The van der Waals surface area contributed by atoms with Crippen LogP contribution in [0.3, 0.4) is 0 Å². The monoisotopic (exact) mass is 304 g/mol. The summed E-state index contributed by atoms with van der Waals surface area (Å²) in [5.41, 5.74) is 2.33. The molecule has 0 heterocycles. The second-order valence-corrected chi connectivity index (χ2v) is 19.8. The van der Waals surface area contributed by atoms with Crippen molar-refractivity contribution in [1.29, 1.82) is 0 Å². The first-order valence-corrected chi connectivity index (χ1v) is 15.5. The summed E-state index contributed by atoms with van der Waals surface area (Å²) in [6, 6.07) is 0. The molecule has 0 nitrogen and oxygen atoms in total. The van der Waals surface area contributed by atoms with E-state index < -0.39 is 14.5 Å². The van der Waals surface area contributed by atoms with Gasteiger partial charge in [0, 0.05) is 0 Å². The second-order valence-electron chi connectivity index (χ2n) is 8.82. The fourth-order valence-electron chi connectivity index (χ4n) is 5.23. The van der Waals surface area contributed by atoms with Gasteiger partial charge in [0.05, 0.1) is 0 Å². The van der Waals surface area contributed by atoms with Gasteiger partial charge in [-0.05, 0) is 0 Å². The molecule has 0 saturated heterocycles. The zero-order chi connectivity index (χ0) is 13.9. The minimum atomic E-state index is -0.960. The molecular weight excluding hydrogens is 266 g/mol. The first-order valence-electron chi connectivity index (χ1n) is 8.92. The van der Waals surface area contributed by atoms with E-state index in [1.807, 2.05) is 0 Å². The Labute approximate surface area is 123 Å². The SMILES string of the molecule is C[PH](C)(C[PH](C)(C)C1CCCCC1)C1CCCCC1. The maximum absolute atomic E-state index is 2.74. The van der Waals surface area contributed by atoms with Gasteiger partial charge in [0.15, 0.2) is 0 Å². The summed E-state index contributed by atoms with van der Waals surface area (Å²) >= 11 is 0. The molecule has 0 N–H and O–H groups in total. The Morgan fingerprint density at radius 1 is 0.579 bits per heavy atom. The van der Waals surface area contributed by atoms with Gasteiger partial charge in [-0.1, -0.05) is 0 Å². The van der Waals surface area contributed by atoms with Gasteiger partial charge < -0.3 is 0 Å². The maximum atomic E-state index is 2.74. The molecule has 2 aliphatic rings. The molecule has 0 aromatic heterocycles.